The Kier molecular flexibility index (Phi) is 11.4. The fourth-order valence-electron chi connectivity index (χ4n) is 3.25. The SMILES string of the molecule is CCCCCCC(Sc1ccc(NCCCN2CCOCC2)cc1)C(=O)NO. The molecule has 0 saturated carbocycles. The number of hydrogen-bond donors (Lipinski definition) is 3. The molecule has 0 spiro atoms. The van der Waals surface area contributed by atoms with Crippen molar-refractivity contribution in [2.75, 3.05) is 44.7 Å². The van der Waals surface area contributed by atoms with Crippen LogP contribution in [0.2, 0.25) is 0 Å². The fourth-order valence-corrected chi connectivity index (χ4v) is 4.31. The number of unbranched alkanes of at least 4 members (excludes halogenated alkanes) is 3. The molecule has 1 aromatic rings. The van der Waals surface area contributed by atoms with Gasteiger partial charge in [-0.3, -0.25) is 14.9 Å². The van der Waals surface area contributed by atoms with E-state index in [1.165, 1.54) is 24.6 Å². The molecule has 7 heteroatoms. The third-order valence-electron chi connectivity index (χ3n) is 4.94. The monoisotopic (exact) mass is 409 g/mol. The van der Waals surface area contributed by atoms with Gasteiger partial charge < -0.3 is 10.1 Å². The van der Waals surface area contributed by atoms with E-state index in [4.69, 9.17) is 9.94 Å². The second-order valence-corrected chi connectivity index (χ2v) is 8.47. The van der Waals surface area contributed by atoms with Crippen molar-refractivity contribution in [2.45, 2.75) is 55.6 Å². The Morgan fingerprint density at radius 1 is 1.18 bits per heavy atom. The van der Waals surface area contributed by atoms with Crippen molar-refractivity contribution in [3.05, 3.63) is 24.3 Å². The van der Waals surface area contributed by atoms with E-state index in [-0.39, 0.29) is 11.2 Å². The van der Waals surface area contributed by atoms with Crippen LogP contribution in [-0.2, 0) is 9.53 Å². The maximum Gasteiger partial charge on any atom is 0.256 e. The molecule has 0 radical (unpaired) electrons. The van der Waals surface area contributed by atoms with E-state index in [1.54, 1.807) is 0 Å². The molecule has 6 nitrogen and oxygen atoms in total. The predicted molar refractivity (Wildman–Crippen MR) is 115 cm³/mol. The molecule has 1 aliphatic rings. The lowest BCUT2D eigenvalue weighted by molar-refractivity contribution is -0.128. The number of anilines is 1. The van der Waals surface area contributed by atoms with Crippen LogP contribution >= 0.6 is 11.8 Å². The summed E-state index contributed by atoms with van der Waals surface area (Å²) in [4.78, 5) is 15.4. The maximum atomic E-state index is 11.9. The smallest absolute Gasteiger partial charge is 0.256 e. The Morgan fingerprint density at radius 3 is 2.61 bits per heavy atom. The van der Waals surface area contributed by atoms with Gasteiger partial charge in [-0.05, 0) is 43.7 Å². The number of nitrogens with one attached hydrogen (secondary N) is 2. The Bertz CT molecular complexity index is 550. The van der Waals surface area contributed by atoms with Gasteiger partial charge in [-0.2, -0.15) is 0 Å². The summed E-state index contributed by atoms with van der Waals surface area (Å²) in [7, 11) is 0. The van der Waals surface area contributed by atoms with Crippen LogP contribution in [-0.4, -0.2) is 60.7 Å². The van der Waals surface area contributed by atoms with Crippen LogP contribution in [0.3, 0.4) is 0 Å². The lowest BCUT2D eigenvalue weighted by atomic mass is 10.1. The summed E-state index contributed by atoms with van der Waals surface area (Å²) in [5.41, 5.74) is 2.91. The van der Waals surface area contributed by atoms with Crippen molar-refractivity contribution >= 4 is 23.4 Å². The molecule has 28 heavy (non-hydrogen) atoms. The number of nitrogens with zero attached hydrogens (tertiary/aromatic N) is 1. The van der Waals surface area contributed by atoms with Gasteiger partial charge in [-0.15, -0.1) is 11.8 Å². The van der Waals surface area contributed by atoms with Crippen LogP contribution in [0.5, 0.6) is 0 Å². The standard InChI is InChI=1S/C21H35N3O3S/c1-2-3-4-5-7-20(21(25)23-26)28-19-10-8-18(9-11-19)22-12-6-13-24-14-16-27-17-15-24/h8-11,20,22,26H,2-7,12-17H2,1H3,(H,23,25). The van der Waals surface area contributed by atoms with E-state index in [9.17, 15) is 4.79 Å². The van der Waals surface area contributed by atoms with Crippen molar-refractivity contribution in [1.82, 2.24) is 10.4 Å². The molecule has 0 bridgehead atoms. The zero-order valence-electron chi connectivity index (χ0n) is 17.0. The minimum atomic E-state index is -0.313. The Hall–Kier alpha value is -1.28. The number of carbonyl (C=O) groups excluding carboxylic acids is 1. The number of thioether (sulfide) groups is 1. The van der Waals surface area contributed by atoms with Gasteiger partial charge in [-0.1, -0.05) is 32.6 Å². The predicted octanol–water partition coefficient (Wildman–Crippen LogP) is 3.76. The molecule has 1 aliphatic heterocycles. The lowest BCUT2D eigenvalue weighted by Gasteiger charge is -2.26. The molecule has 1 aromatic carbocycles. The molecular weight excluding hydrogens is 374 g/mol. The Balaban J connectivity index is 1.72. The van der Waals surface area contributed by atoms with Crippen LogP contribution in [0.25, 0.3) is 0 Å². The first-order chi connectivity index (χ1) is 13.7. The molecule has 158 valence electrons. The number of hydrogen-bond acceptors (Lipinski definition) is 6. The highest BCUT2D eigenvalue weighted by atomic mass is 32.2. The summed E-state index contributed by atoms with van der Waals surface area (Å²) in [6.45, 7) is 7.98. The molecule has 3 N–H and O–H groups in total. The van der Waals surface area contributed by atoms with Gasteiger partial charge in [0.15, 0.2) is 0 Å². The second-order valence-electron chi connectivity index (χ2n) is 7.19. The first-order valence-corrected chi connectivity index (χ1v) is 11.4. The van der Waals surface area contributed by atoms with Gasteiger partial charge in [0.1, 0.15) is 0 Å². The highest BCUT2D eigenvalue weighted by Gasteiger charge is 2.19. The summed E-state index contributed by atoms with van der Waals surface area (Å²) in [6.07, 6.45) is 6.36. The van der Waals surface area contributed by atoms with Gasteiger partial charge in [0, 0.05) is 30.2 Å². The number of amides is 1. The zero-order valence-corrected chi connectivity index (χ0v) is 17.8. The van der Waals surface area contributed by atoms with Crippen molar-refractivity contribution in [1.29, 1.82) is 0 Å². The summed E-state index contributed by atoms with van der Waals surface area (Å²) >= 11 is 1.52. The van der Waals surface area contributed by atoms with Crippen LogP contribution in [0.1, 0.15) is 45.4 Å². The number of benzene rings is 1. The van der Waals surface area contributed by atoms with Crippen molar-refractivity contribution in [3.8, 4) is 0 Å². The summed E-state index contributed by atoms with van der Waals surface area (Å²) in [5, 5.41) is 12.2. The molecule has 1 heterocycles. The molecule has 1 unspecified atom stereocenters. The molecule has 1 fully saturated rings. The van der Waals surface area contributed by atoms with Gasteiger partial charge >= 0.3 is 0 Å². The third kappa shape index (κ3) is 8.82. The van der Waals surface area contributed by atoms with Gasteiger partial charge in [0.2, 0.25) is 0 Å². The van der Waals surface area contributed by atoms with E-state index in [0.29, 0.717) is 0 Å². The van der Waals surface area contributed by atoms with E-state index in [0.717, 1.165) is 75.7 Å². The van der Waals surface area contributed by atoms with Crippen LogP contribution in [0.4, 0.5) is 5.69 Å². The Labute approximate surface area is 173 Å². The van der Waals surface area contributed by atoms with Gasteiger partial charge in [-0.25, -0.2) is 5.48 Å². The Morgan fingerprint density at radius 2 is 1.93 bits per heavy atom. The number of ether oxygens (including phenoxy) is 1. The quantitative estimate of drug-likeness (QED) is 0.199. The summed E-state index contributed by atoms with van der Waals surface area (Å²) in [6, 6.07) is 8.20. The number of hydroxylamine groups is 1. The zero-order chi connectivity index (χ0) is 20.0. The number of carbonyl (C=O) groups is 1. The number of morpholine rings is 1. The van der Waals surface area contributed by atoms with Crippen LogP contribution in [0.15, 0.2) is 29.2 Å². The highest BCUT2D eigenvalue weighted by Crippen LogP contribution is 2.28. The summed E-state index contributed by atoms with van der Waals surface area (Å²) < 4.78 is 5.37. The third-order valence-corrected chi connectivity index (χ3v) is 6.22. The minimum absolute atomic E-state index is 0.255. The van der Waals surface area contributed by atoms with Crippen LogP contribution < -0.4 is 10.8 Å². The molecule has 0 aliphatic carbocycles. The highest BCUT2D eigenvalue weighted by molar-refractivity contribution is 8.00. The molecule has 0 aromatic heterocycles. The first kappa shape index (κ1) is 23.0. The minimum Gasteiger partial charge on any atom is -0.385 e. The van der Waals surface area contributed by atoms with Crippen molar-refractivity contribution in [2.24, 2.45) is 0 Å². The fraction of sp³-hybridized carbons (Fsp3) is 0.667. The van der Waals surface area contributed by atoms with E-state index in [1.807, 2.05) is 17.6 Å². The topological polar surface area (TPSA) is 73.8 Å². The van der Waals surface area contributed by atoms with E-state index >= 15 is 0 Å². The molecule has 1 atom stereocenters. The van der Waals surface area contributed by atoms with Crippen molar-refractivity contribution < 1.29 is 14.7 Å². The maximum absolute atomic E-state index is 11.9. The largest absolute Gasteiger partial charge is 0.385 e. The first-order valence-electron chi connectivity index (χ1n) is 10.5. The van der Waals surface area contributed by atoms with Crippen LogP contribution in [0, 0.1) is 0 Å². The second kappa shape index (κ2) is 13.8. The van der Waals surface area contributed by atoms with E-state index < -0.39 is 0 Å². The normalized spacial score (nSPS) is 15.9. The van der Waals surface area contributed by atoms with E-state index in [2.05, 4.69) is 29.3 Å². The molecule has 1 amide bonds. The molecule has 1 saturated heterocycles. The lowest BCUT2D eigenvalue weighted by Crippen LogP contribution is -2.37. The number of rotatable bonds is 13. The van der Waals surface area contributed by atoms with Gasteiger partial charge in [0.05, 0.1) is 18.5 Å². The average molecular weight is 410 g/mol. The summed E-state index contributed by atoms with van der Waals surface area (Å²) in [5.74, 6) is -0.313. The van der Waals surface area contributed by atoms with Crippen molar-refractivity contribution in [3.63, 3.8) is 0 Å². The van der Waals surface area contributed by atoms with Gasteiger partial charge in [0.25, 0.3) is 5.91 Å². The molecule has 2 rings (SSSR count). The average Bonchev–Trinajstić information content (AvgIpc) is 2.74. The molecular formula is C21H35N3O3S.